The molecule has 0 radical (unpaired) electrons. The lowest BCUT2D eigenvalue weighted by atomic mass is 10.2. The van der Waals surface area contributed by atoms with Gasteiger partial charge in [0.05, 0.1) is 6.10 Å². The Hall–Kier alpha value is -0.950. The molecule has 0 aromatic heterocycles. The van der Waals surface area contributed by atoms with Gasteiger partial charge in [-0.1, -0.05) is 6.92 Å². The molecule has 0 saturated heterocycles. The molecular weight excluding hydrogens is 244 g/mol. The molecule has 4 N–H and O–H groups in total. The normalized spacial score (nSPS) is 15.8. The van der Waals surface area contributed by atoms with Crippen molar-refractivity contribution < 1.29 is 19.8 Å². The second kappa shape index (κ2) is 8.19. The van der Waals surface area contributed by atoms with Gasteiger partial charge in [0.15, 0.2) is 6.04 Å². The molecule has 0 rings (SSSR count). The van der Waals surface area contributed by atoms with Crippen LogP contribution in [0.5, 0.6) is 0 Å². The van der Waals surface area contributed by atoms with Gasteiger partial charge in [-0.2, -0.15) is 11.8 Å². The number of hydrogen-bond donors (Lipinski definition) is 4. The molecule has 2 amide bonds. The lowest BCUT2D eigenvalue weighted by Gasteiger charge is -2.20. The van der Waals surface area contributed by atoms with Crippen molar-refractivity contribution in [3.05, 3.63) is 0 Å². The lowest BCUT2D eigenvalue weighted by Crippen LogP contribution is -2.53. The van der Waals surface area contributed by atoms with Crippen LogP contribution in [0.2, 0.25) is 0 Å². The summed E-state index contributed by atoms with van der Waals surface area (Å²) in [7, 11) is 0. The van der Waals surface area contributed by atoms with Gasteiger partial charge >= 0.3 is 12.0 Å². The van der Waals surface area contributed by atoms with Crippen LogP contribution in [0, 0.1) is 0 Å². The summed E-state index contributed by atoms with van der Waals surface area (Å²) in [4.78, 5) is 22.3. The number of aliphatic hydroxyl groups excluding tert-OH is 1. The zero-order chi connectivity index (χ0) is 13.4. The first-order valence-corrected chi connectivity index (χ1v) is 6.78. The molecule has 3 atom stereocenters. The van der Waals surface area contributed by atoms with Crippen LogP contribution in [0.25, 0.3) is 0 Å². The highest BCUT2D eigenvalue weighted by Crippen LogP contribution is 2.01. The number of thioether (sulfide) groups is 1. The highest BCUT2D eigenvalue weighted by molar-refractivity contribution is 7.98. The number of amides is 2. The Balaban J connectivity index is 4.27. The van der Waals surface area contributed by atoms with Gasteiger partial charge in [-0.3, -0.25) is 0 Å². The highest BCUT2D eigenvalue weighted by Gasteiger charge is 2.25. The number of aliphatic hydroxyl groups is 1. The number of urea groups is 1. The topological polar surface area (TPSA) is 98.7 Å². The highest BCUT2D eigenvalue weighted by atomic mass is 32.2. The predicted octanol–water partition coefficient (Wildman–Crippen LogP) is 0.261. The van der Waals surface area contributed by atoms with E-state index in [2.05, 4.69) is 10.6 Å². The van der Waals surface area contributed by atoms with Gasteiger partial charge in [0.1, 0.15) is 0 Å². The number of nitrogens with one attached hydrogen (secondary N) is 2. The third-order valence-electron chi connectivity index (χ3n) is 2.23. The summed E-state index contributed by atoms with van der Waals surface area (Å²) in [6.07, 6.45) is 1.55. The smallest absolute Gasteiger partial charge is 0.328 e. The van der Waals surface area contributed by atoms with E-state index in [1.165, 1.54) is 6.92 Å². The molecule has 0 heterocycles. The monoisotopic (exact) mass is 264 g/mol. The Morgan fingerprint density at radius 2 is 1.94 bits per heavy atom. The van der Waals surface area contributed by atoms with Crippen molar-refractivity contribution in [3.63, 3.8) is 0 Å². The fourth-order valence-electron chi connectivity index (χ4n) is 1.22. The van der Waals surface area contributed by atoms with E-state index in [4.69, 9.17) is 5.11 Å². The molecule has 17 heavy (non-hydrogen) atoms. The number of aliphatic carboxylic acids is 1. The van der Waals surface area contributed by atoms with E-state index in [0.717, 1.165) is 12.2 Å². The third kappa shape index (κ3) is 6.38. The summed E-state index contributed by atoms with van der Waals surface area (Å²) in [5, 5.41) is 22.9. The van der Waals surface area contributed by atoms with Gasteiger partial charge in [0.25, 0.3) is 0 Å². The summed E-state index contributed by atoms with van der Waals surface area (Å²) in [5.74, 6) is -0.496. The number of carboxylic acid groups (broad SMARTS) is 1. The SMILES string of the molecule is CCC(CSC)NC(=O)N[C@H](C(=O)O)[C@@H](C)O. The van der Waals surface area contributed by atoms with Crippen molar-refractivity contribution in [1.29, 1.82) is 0 Å². The molecule has 0 aliphatic carbocycles. The number of carbonyl (C=O) groups excluding carboxylic acids is 1. The Labute approximate surface area is 105 Å². The number of hydrogen-bond acceptors (Lipinski definition) is 4. The zero-order valence-electron chi connectivity index (χ0n) is 10.3. The van der Waals surface area contributed by atoms with Crippen LogP contribution < -0.4 is 10.6 Å². The number of carbonyl (C=O) groups is 2. The molecule has 0 aromatic rings. The number of rotatable bonds is 7. The minimum absolute atomic E-state index is 0.00607. The van der Waals surface area contributed by atoms with Crippen LogP contribution in [0.15, 0.2) is 0 Å². The van der Waals surface area contributed by atoms with E-state index in [1.807, 2.05) is 13.2 Å². The molecule has 0 aliphatic rings. The molecule has 0 spiro atoms. The average Bonchev–Trinajstić information content (AvgIpc) is 2.24. The largest absolute Gasteiger partial charge is 0.480 e. The van der Waals surface area contributed by atoms with Crippen LogP contribution in [0.1, 0.15) is 20.3 Å². The molecule has 1 unspecified atom stereocenters. The Morgan fingerprint density at radius 1 is 1.35 bits per heavy atom. The van der Waals surface area contributed by atoms with Crippen LogP contribution in [-0.4, -0.2) is 52.4 Å². The van der Waals surface area contributed by atoms with E-state index in [9.17, 15) is 14.7 Å². The maximum atomic E-state index is 11.5. The van der Waals surface area contributed by atoms with Gasteiger partial charge in [-0.25, -0.2) is 9.59 Å². The zero-order valence-corrected chi connectivity index (χ0v) is 11.1. The summed E-state index contributed by atoms with van der Waals surface area (Å²) in [6.45, 7) is 3.25. The lowest BCUT2D eigenvalue weighted by molar-refractivity contribution is -0.141. The van der Waals surface area contributed by atoms with E-state index < -0.39 is 24.1 Å². The summed E-state index contributed by atoms with van der Waals surface area (Å²) >= 11 is 1.60. The first-order valence-electron chi connectivity index (χ1n) is 5.39. The third-order valence-corrected chi connectivity index (χ3v) is 2.97. The maximum absolute atomic E-state index is 11.5. The fourth-order valence-corrected chi connectivity index (χ4v) is 1.94. The summed E-state index contributed by atoms with van der Waals surface area (Å²) < 4.78 is 0. The molecule has 0 fully saturated rings. The van der Waals surface area contributed by atoms with E-state index in [-0.39, 0.29) is 6.04 Å². The van der Waals surface area contributed by atoms with E-state index in [0.29, 0.717) is 0 Å². The molecule has 0 saturated carbocycles. The summed E-state index contributed by atoms with van der Waals surface area (Å²) in [5.41, 5.74) is 0. The van der Waals surface area contributed by atoms with Crippen LogP contribution >= 0.6 is 11.8 Å². The molecule has 0 aliphatic heterocycles. The quantitative estimate of drug-likeness (QED) is 0.529. The van der Waals surface area contributed by atoms with Gasteiger partial charge < -0.3 is 20.8 Å². The van der Waals surface area contributed by atoms with E-state index in [1.54, 1.807) is 11.8 Å². The van der Waals surface area contributed by atoms with Crippen LogP contribution in [0.4, 0.5) is 4.79 Å². The van der Waals surface area contributed by atoms with Crippen molar-refractivity contribution in [2.24, 2.45) is 0 Å². The molecule has 6 nitrogen and oxygen atoms in total. The molecule has 0 aromatic carbocycles. The minimum atomic E-state index is -1.29. The predicted molar refractivity (Wildman–Crippen MR) is 67.2 cm³/mol. The number of carboxylic acids is 1. The summed E-state index contributed by atoms with van der Waals surface area (Å²) in [6, 6.07) is -1.87. The molecular formula is C10H20N2O4S. The molecule has 7 heteroatoms. The second-order valence-corrected chi connectivity index (χ2v) is 4.65. The van der Waals surface area contributed by atoms with Crippen LogP contribution in [0.3, 0.4) is 0 Å². The van der Waals surface area contributed by atoms with Gasteiger partial charge in [-0.15, -0.1) is 0 Å². The second-order valence-electron chi connectivity index (χ2n) is 3.73. The van der Waals surface area contributed by atoms with Crippen molar-refractivity contribution in [2.75, 3.05) is 12.0 Å². The fraction of sp³-hybridized carbons (Fsp3) is 0.800. The van der Waals surface area contributed by atoms with Crippen molar-refractivity contribution >= 4 is 23.8 Å². The minimum Gasteiger partial charge on any atom is -0.480 e. The van der Waals surface area contributed by atoms with Gasteiger partial charge in [0.2, 0.25) is 0 Å². The Kier molecular flexibility index (Phi) is 7.73. The Morgan fingerprint density at radius 3 is 2.29 bits per heavy atom. The van der Waals surface area contributed by atoms with Crippen molar-refractivity contribution in [3.8, 4) is 0 Å². The van der Waals surface area contributed by atoms with Crippen molar-refractivity contribution in [2.45, 2.75) is 38.5 Å². The molecule has 0 bridgehead atoms. The standard InChI is InChI=1S/C10H20N2O4S/c1-4-7(5-17-3)11-10(16)12-8(6(2)13)9(14)15/h6-8,13H,4-5H2,1-3H3,(H,14,15)(H2,11,12,16)/t6-,7?,8+/m1/s1. The first kappa shape index (κ1) is 16.1. The van der Waals surface area contributed by atoms with Gasteiger partial charge in [-0.05, 0) is 19.6 Å². The van der Waals surface area contributed by atoms with E-state index >= 15 is 0 Å². The molecule has 100 valence electrons. The van der Waals surface area contributed by atoms with Crippen LogP contribution in [-0.2, 0) is 4.79 Å². The first-order chi connectivity index (χ1) is 7.92. The van der Waals surface area contributed by atoms with Crippen molar-refractivity contribution in [1.82, 2.24) is 10.6 Å². The average molecular weight is 264 g/mol. The maximum Gasteiger partial charge on any atom is 0.328 e. The van der Waals surface area contributed by atoms with Gasteiger partial charge in [0, 0.05) is 11.8 Å². The Bertz CT molecular complexity index is 261.